The molecule has 1 unspecified atom stereocenters. The van der Waals surface area contributed by atoms with E-state index in [0.717, 1.165) is 25.0 Å². The molecule has 0 N–H and O–H groups in total. The molecule has 23 heavy (non-hydrogen) atoms. The fraction of sp³-hybridized carbons (Fsp3) is 0.500. The van der Waals surface area contributed by atoms with Crippen molar-refractivity contribution >= 4 is 29.8 Å². The summed E-state index contributed by atoms with van der Waals surface area (Å²) < 4.78 is 6.75. The first kappa shape index (κ1) is 18.5. The van der Waals surface area contributed by atoms with E-state index < -0.39 is 8.32 Å². The van der Waals surface area contributed by atoms with Gasteiger partial charge >= 0.3 is 0 Å². The van der Waals surface area contributed by atoms with Crippen molar-refractivity contribution in [3.63, 3.8) is 0 Å². The minimum atomic E-state index is -1.85. The van der Waals surface area contributed by atoms with Gasteiger partial charge in [-0.25, -0.2) is 0 Å². The van der Waals surface area contributed by atoms with Crippen LogP contribution in [0.2, 0.25) is 18.1 Å². The molecule has 0 fully saturated rings. The number of unbranched alkanes of at least 4 members (excludes halogenated alkanes) is 1. The summed E-state index contributed by atoms with van der Waals surface area (Å²) in [6.07, 6.45) is 5.22. The zero-order chi connectivity index (χ0) is 17.3. The summed E-state index contributed by atoms with van der Waals surface area (Å²) in [5.74, 6) is 1.15. The van der Waals surface area contributed by atoms with Gasteiger partial charge in [0, 0.05) is 0 Å². The number of halogens is 1. The zero-order valence-electron chi connectivity index (χ0n) is 15.1. The number of alkyl halides is 1. The van der Waals surface area contributed by atoms with Crippen LogP contribution in [-0.2, 0) is 4.43 Å². The molecular formula is C20H29BrOSi. The van der Waals surface area contributed by atoms with Gasteiger partial charge in [0.25, 0.3) is 0 Å². The first-order valence-electron chi connectivity index (χ1n) is 8.45. The lowest BCUT2D eigenvalue weighted by Gasteiger charge is -2.38. The minimum Gasteiger partial charge on any atom is -0.545 e. The highest BCUT2D eigenvalue weighted by atomic mass is 79.9. The largest absolute Gasteiger partial charge is 0.545 e. The molecule has 1 nitrogen and oxygen atoms in total. The van der Waals surface area contributed by atoms with Crippen LogP contribution in [0.4, 0.5) is 0 Å². The summed E-state index contributed by atoms with van der Waals surface area (Å²) in [7, 11) is -1.85. The van der Waals surface area contributed by atoms with Gasteiger partial charge in [-0.05, 0) is 54.1 Å². The Morgan fingerprint density at radius 3 is 2.52 bits per heavy atom. The maximum Gasteiger partial charge on any atom is 0.250 e. The highest BCUT2D eigenvalue weighted by Crippen LogP contribution is 2.50. The number of allylic oxidation sites excluding steroid dienone is 3. The van der Waals surface area contributed by atoms with Crippen LogP contribution in [0.5, 0.6) is 0 Å². The number of hydrogen-bond acceptors (Lipinski definition) is 1. The fourth-order valence-corrected chi connectivity index (χ4v) is 4.68. The van der Waals surface area contributed by atoms with E-state index in [-0.39, 0.29) is 9.87 Å². The van der Waals surface area contributed by atoms with Gasteiger partial charge in [-0.15, -0.1) is 6.58 Å². The smallest absolute Gasteiger partial charge is 0.250 e. The molecule has 0 bridgehead atoms. The van der Waals surface area contributed by atoms with Crippen LogP contribution in [0.15, 0.2) is 42.7 Å². The minimum absolute atomic E-state index is 0.187. The second-order valence-electron chi connectivity index (χ2n) is 7.84. The third kappa shape index (κ3) is 3.82. The summed E-state index contributed by atoms with van der Waals surface area (Å²) in [5, 5.41) is 0.202. The molecule has 0 saturated carbocycles. The molecule has 1 aromatic rings. The van der Waals surface area contributed by atoms with Crippen LogP contribution < -0.4 is 0 Å². The SMILES string of the molecule is C=CCCCC1=C(O[Si](C)(C)C(C)(C)C)C(Br)c2ccccc21. The topological polar surface area (TPSA) is 9.23 Å². The highest BCUT2D eigenvalue weighted by molar-refractivity contribution is 9.09. The molecule has 1 atom stereocenters. The van der Waals surface area contributed by atoms with Gasteiger partial charge in [-0.1, -0.05) is 67.0 Å². The van der Waals surface area contributed by atoms with Gasteiger partial charge < -0.3 is 4.43 Å². The van der Waals surface area contributed by atoms with Gasteiger partial charge in [0.05, 0.1) is 4.83 Å². The molecule has 2 rings (SSSR count). The third-order valence-corrected chi connectivity index (χ3v) is 10.3. The second-order valence-corrected chi connectivity index (χ2v) is 13.5. The summed E-state index contributed by atoms with van der Waals surface area (Å²) in [6, 6.07) is 8.68. The number of hydrogen-bond donors (Lipinski definition) is 0. The second kappa shape index (κ2) is 6.98. The van der Waals surface area contributed by atoms with Gasteiger partial charge in [0.1, 0.15) is 5.76 Å². The predicted molar refractivity (Wildman–Crippen MR) is 107 cm³/mol. The average Bonchev–Trinajstić information content (AvgIpc) is 2.72. The van der Waals surface area contributed by atoms with Gasteiger partial charge in [-0.3, -0.25) is 0 Å². The molecule has 0 amide bonds. The summed E-state index contributed by atoms with van der Waals surface area (Å²) in [5.41, 5.74) is 4.08. The Morgan fingerprint density at radius 1 is 1.26 bits per heavy atom. The Kier molecular flexibility index (Phi) is 5.62. The molecule has 0 aliphatic heterocycles. The van der Waals surface area contributed by atoms with Gasteiger partial charge in [0.15, 0.2) is 0 Å². The van der Waals surface area contributed by atoms with E-state index in [1.165, 1.54) is 16.7 Å². The molecule has 0 aromatic heterocycles. The molecule has 3 heteroatoms. The van der Waals surface area contributed by atoms with Crippen LogP contribution in [0.25, 0.3) is 5.57 Å². The third-order valence-electron chi connectivity index (χ3n) is 5.09. The normalized spacial score (nSPS) is 18.1. The van der Waals surface area contributed by atoms with Crippen LogP contribution in [0.3, 0.4) is 0 Å². The monoisotopic (exact) mass is 392 g/mol. The van der Waals surface area contributed by atoms with Crippen molar-refractivity contribution in [3.8, 4) is 0 Å². The standard InChI is InChI=1S/C20H29BrOSi/c1-7-8-9-14-17-15-12-10-11-13-16(15)18(21)19(17)22-23(5,6)20(2,3)4/h7,10-13,18H,1,8-9,14H2,2-6H3. The quantitative estimate of drug-likeness (QED) is 0.214. The van der Waals surface area contributed by atoms with Crippen molar-refractivity contribution in [1.29, 1.82) is 0 Å². The molecule has 1 aliphatic rings. The maximum atomic E-state index is 6.75. The number of fused-ring (bicyclic) bond motifs is 1. The van der Waals surface area contributed by atoms with E-state index in [9.17, 15) is 0 Å². The molecule has 0 saturated heterocycles. The Balaban J connectivity index is 2.39. The van der Waals surface area contributed by atoms with E-state index in [1.54, 1.807) is 0 Å². The van der Waals surface area contributed by atoms with E-state index in [1.807, 2.05) is 6.08 Å². The Bertz CT molecular complexity index is 610. The molecule has 126 valence electrons. The average molecular weight is 393 g/mol. The summed E-state index contributed by atoms with van der Waals surface area (Å²) in [4.78, 5) is 0.187. The van der Waals surface area contributed by atoms with Gasteiger partial charge in [-0.2, -0.15) is 0 Å². The number of benzene rings is 1. The van der Waals surface area contributed by atoms with Crippen molar-refractivity contribution in [2.45, 2.75) is 63.0 Å². The first-order chi connectivity index (χ1) is 10.7. The van der Waals surface area contributed by atoms with Crippen LogP contribution >= 0.6 is 15.9 Å². The Hall–Kier alpha value is -0.803. The summed E-state index contributed by atoms with van der Waals surface area (Å²) in [6.45, 7) is 15.4. The van der Waals surface area contributed by atoms with Crippen molar-refractivity contribution in [2.24, 2.45) is 0 Å². The lowest BCUT2D eigenvalue weighted by molar-refractivity contribution is 0.377. The predicted octanol–water partition coefficient (Wildman–Crippen LogP) is 7.23. The van der Waals surface area contributed by atoms with Crippen molar-refractivity contribution in [1.82, 2.24) is 0 Å². The first-order valence-corrected chi connectivity index (χ1v) is 12.3. The zero-order valence-corrected chi connectivity index (χ0v) is 17.7. The molecule has 1 aromatic carbocycles. The molecule has 0 heterocycles. The lowest BCUT2D eigenvalue weighted by Crippen LogP contribution is -2.40. The van der Waals surface area contributed by atoms with Crippen LogP contribution in [-0.4, -0.2) is 8.32 Å². The summed E-state index contributed by atoms with van der Waals surface area (Å²) >= 11 is 3.89. The van der Waals surface area contributed by atoms with E-state index in [2.05, 4.69) is 80.6 Å². The van der Waals surface area contributed by atoms with Crippen LogP contribution in [0.1, 0.15) is 56.0 Å². The molecule has 0 spiro atoms. The Labute approximate surface area is 151 Å². The van der Waals surface area contributed by atoms with Crippen LogP contribution in [0, 0.1) is 0 Å². The Morgan fingerprint density at radius 2 is 1.91 bits per heavy atom. The van der Waals surface area contributed by atoms with Crippen molar-refractivity contribution in [3.05, 3.63) is 53.8 Å². The molecule has 1 aliphatic carbocycles. The van der Waals surface area contributed by atoms with E-state index >= 15 is 0 Å². The lowest BCUT2D eigenvalue weighted by atomic mass is 10.0. The number of rotatable bonds is 6. The van der Waals surface area contributed by atoms with Gasteiger partial charge in [0.2, 0.25) is 8.32 Å². The van der Waals surface area contributed by atoms with E-state index in [4.69, 9.17) is 4.43 Å². The maximum absolute atomic E-state index is 6.75. The molecular weight excluding hydrogens is 364 g/mol. The van der Waals surface area contributed by atoms with Crippen molar-refractivity contribution in [2.75, 3.05) is 0 Å². The highest BCUT2D eigenvalue weighted by Gasteiger charge is 2.42. The van der Waals surface area contributed by atoms with E-state index in [0.29, 0.717) is 0 Å². The molecule has 0 radical (unpaired) electrons. The fourth-order valence-electron chi connectivity index (χ4n) is 2.64. The van der Waals surface area contributed by atoms with Crippen molar-refractivity contribution < 1.29 is 4.43 Å².